The Morgan fingerprint density at radius 1 is 1.22 bits per heavy atom. The zero-order valence-corrected chi connectivity index (χ0v) is 10.1. The maximum Gasteiger partial charge on any atom is 0.253 e. The van der Waals surface area contributed by atoms with Gasteiger partial charge in [0, 0.05) is 18.8 Å². The van der Waals surface area contributed by atoms with Crippen LogP contribution in [0.2, 0.25) is 0 Å². The van der Waals surface area contributed by atoms with E-state index in [4.69, 9.17) is 4.74 Å². The van der Waals surface area contributed by atoms with Gasteiger partial charge in [0.1, 0.15) is 0 Å². The van der Waals surface area contributed by atoms with Crippen LogP contribution < -0.4 is 10.1 Å². The molecule has 0 fully saturated rings. The highest BCUT2D eigenvalue weighted by Crippen LogP contribution is 2.06. The van der Waals surface area contributed by atoms with E-state index in [0.29, 0.717) is 18.0 Å². The van der Waals surface area contributed by atoms with Gasteiger partial charge in [0.2, 0.25) is 5.88 Å². The Bertz CT molecular complexity index is 509. The first-order chi connectivity index (χ1) is 8.79. The van der Waals surface area contributed by atoms with E-state index in [-0.39, 0.29) is 5.91 Å². The van der Waals surface area contributed by atoms with Crippen molar-refractivity contribution in [3.05, 3.63) is 59.8 Å². The molecule has 0 aliphatic rings. The Balaban J connectivity index is 1.95. The number of ether oxygens (including phenoxy) is 1. The van der Waals surface area contributed by atoms with Crippen molar-refractivity contribution < 1.29 is 9.53 Å². The van der Waals surface area contributed by atoms with Crippen LogP contribution in [0.3, 0.4) is 0 Å². The van der Waals surface area contributed by atoms with Crippen LogP contribution >= 0.6 is 0 Å². The van der Waals surface area contributed by atoms with E-state index in [1.54, 1.807) is 12.1 Å². The number of aromatic nitrogens is 1. The minimum absolute atomic E-state index is 0.144. The molecule has 0 saturated heterocycles. The first-order valence-corrected chi connectivity index (χ1v) is 5.62. The summed E-state index contributed by atoms with van der Waals surface area (Å²) in [5, 5.41) is 2.83. The molecule has 92 valence electrons. The van der Waals surface area contributed by atoms with Gasteiger partial charge in [0.25, 0.3) is 5.91 Å². The van der Waals surface area contributed by atoms with Crippen LogP contribution in [0.25, 0.3) is 0 Å². The van der Waals surface area contributed by atoms with E-state index in [2.05, 4.69) is 10.3 Å². The number of methoxy groups -OCH3 is 1. The zero-order valence-electron chi connectivity index (χ0n) is 10.1. The third-order valence-corrected chi connectivity index (χ3v) is 2.50. The average molecular weight is 242 g/mol. The number of benzene rings is 1. The maximum absolute atomic E-state index is 11.8. The van der Waals surface area contributed by atoms with Crippen LogP contribution in [0.4, 0.5) is 0 Å². The van der Waals surface area contributed by atoms with Gasteiger partial charge in [-0.3, -0.25) is 4.79 Å². The number of carbonyl (C=O) groups is 1. The number of rotatable bonds is 4. The molecule has 1 heterocycles. The number of amides is 1. The lowest BCUT2D eigenvalue weighted by Crippen LogP contribution is -2.22. The van der Waals surface area contributed by atoms with Crippen LogP contribution in [-0.2, 0) is 6.54 Å². The first-order valence-electron chi connectivity index (χ1n) is 5.62. The molecule has 1 aromatic carbocycles. The fourth-order valence-corrected chi connectivity index (χ4v) is 1.52. The highest BCUT2D eigenvalue weighted by atomic mass is 16.5. The number of carbonyl (C=O) groups excluding carboxylic acids is 1. The van der Waals surface area contributed by atoms with Gasteiger partial charge in [0.05, 0.1) is 12.7 Å². The number of pyridine rings is 1. The van der Waals surface area contributed by atoms with Crippen molar-refractivity contribution in [2.75, 3.05) is 7.11 Å². The normalized spacial score (nSPS) is 9.83. The van der Waals surface area contributed by atoms with Crippen molar-refractivity contribution in [3.8, 4) is 5.88 Å². The monoisotopic (exact) mass is 242 g/mol. The van der Waals surface area contributed by atoms with Gasteiger partial charge >= 0.3 is 0 Å². The van der Waals surface area contributed by atoms with E-state index in [1.165, 1.54) is 13.3 Å². The Hall–Kier alpha value is -2.36. The molecule has 0 radical (unpaired) electrons. The molecule has 18 heavy (non-hydrogen) atoms. The van der Waals surface area contributed by atoms with Gasteiger partial charge in [-0.05, 0) is 11.6 Å². The summed E-state index contributed by atoms with van der Waals surface area (Å²) in [6, 6.07) is 13.1. The molecule has 2 rings (SSSR count). The molecule has 0 unspecified atom stereocenters. The Kier molecular flexibility index (Phi) is 3.91. The number of nitrogens with one attached hydrogen (secondary N) is 1. The van der Waals surface area contributed by atoms with Crippen molar-refractivity contribution in [1.29, 1.82) is 0 Å². The molecule has 1 aromatic heterocycles. The highest BCUT2D eigenvalue weighted by molar-refractivity contribution is 5.93. The lowest BCUT2D eigenvalue weighted by Gasteiger charge is -2.05. The molecule has 0 saturated carbocycles. The topological polar surface area (TPSA) is 51.2 Å². The van der Waals surface area contributed by atoms with Crippen LogP contribution in [0.15, 0.2) is 48.7 Å². The third-order valence-electron chi connectivity index (χ3n) is 2.50. The molecule has 0 bridgehead atoms. The van der Waals surface area contributed by atoms with E-state index >= 15 is 0 Å². The molecule has 1 amide bonds. The second-order valence-corrected chi connectivity index (χ2v) is 3.76. The number of hydrogen-bond acceptors (Lipinski definition) is 3. The molecule has 0 spiro atoms. The van der Waals surface area contributed by atoms with Crippen molar-refractivity contribution in [1.82, 2.24) is 10.3 Å². The largest absolute Gasteiger partial charge is 0.481 e. The van der Waals surface area contributed by atoms with Crippen LogP contribution in [0.1, 0.15) is 15.9 Å². The second kappa shape index (κ2) is 5.82. The van der Waals surface area contributed by atoms with E-state index in [0.717, 1.165) is 5.56 Å². The summed E-state index contributed by atoms with van der Waals surface area (Å²) >= 11 is 0. The molecule has 0 atom stereocenters. The Morgan fingerprint density at radius 2 is 2.00 bits per heavy atom. The minimum atomic E-state index is -0.144. The standard InChI is InChI=1S/C14H14N2O2/c1-18-13-8-7-12(10-15-13)14(17)16-9-11-5-3-2-4-6-11/h2-8,10H,9H2,1H3,(H,16,17). The molecular weight excluding hydrogens is 228 g/mol. The predicted molar refractivity (Wildman–Crippen MR) is 68.4 cm³/mol. The predicted octanol–water partition coefficient (Wildman–Crippen LogP) is 2.02. The van der Waals surface area contributed by atoms with Crippen molar-refractivity contribution >= 4 is 5.91 Å². The summed E-state index contributed by atoms with van der Waals surface area (Å²) in [5.74, 6) is 0.351. The van der Waals surface area contributed by atoms with E-state index < -0.39 is 0 Å². The lowest BCUT2D eigenvalue weighted by atomic mass is 10.2. The molecule has 1 N–H and O–H groups in total. The molecule has 4 nitrogen and oxygen atoms in total. The summed E-state index contributed by atoms with van der Waals surface area (Å²) in [5.41, 5.74) is 1.58. The first kappa shape index (κ1) is 12.1. The molecule has 0 aliphatic carbocycles. The molecule has 0 aliphatic heterocycles. The quantitative estimate of drug-likeness (QED) is 0.892. The molecule has 4 heteroatoms. The zero-order chi connectivity index (χ0) is 12.8. The fraction of sp³-hybridized carbons (Fsp3) is 0.143. The van der Waals surface area contributed by atoms with Gasteiger partial charge in [0.15, 0.2) is 0 Å². The lowest BCUT2D eigenvalue weighted by molar-refractivity contribution is 0.0950. The van der Waals surface area contributed by atoms with Gasteiger partial charge in [-0.2, -0.15) is 0 Å². The molecular formula is C14H14N2O2. The smallest absolute Gasteiger partial charge is 0.253 e. The summed E-state index contributed by atoms with van der Waals surface area (Å²) < 4.78 is 4.94. The average Bonchev–Trinajstić information content (AvgIpc) is 2.46. The summed E-state index contributed by atoms with van der Waals surface area (Å²) in [7, 11) is 1.54. The van der Waals surface area contributed by atoms with E-state index in [1.807, 2.05) is 30.3 Å². The van der Waals surface area contributed by atoms with Crippen molar-refractivity contribution in [3.63, 3.8) is 0 Å². The highest BCUT2D eigenvalue weighted by Gasteiger charge is 2.05. The van der Waals surface area contributed by atoms with Crippen LogP contribution in [0.5, 0.6) is 5.88 Å². The summed E-state index contributed by atoms with van der Waals surface area (Å²) in [6.07, 6.45) is 1.50. The van der Waals surface area contributed by atoms with Crippen LogP contribution in [0, 0.1) is 0 Å². The van der Waals surface area contributed by atoms with E-state index in [9.17, 15) is 4.79 Å². The summed E-state index contributed by atoms with van der Waals surface area (Å²) in [6.45, 7) is 0.506. The van der Waals surface area contributed by atoms with Gasteiger partial charge in [-0.25, -0.2) is 4.98 Å². The van der Waals surface area contributed by atoms with Crippen molar-refractivity contribution in [2.24, 2.45) is 0 Å². The van der Waals surface area contributed by atoms with Gasteiger partial charge in [-0.1, -0.05) is 30.3 Å². The number of nitrogens with zero attached hydrogens (tertiary/aromatic N) is 1. The SMILES string of the molecule is COc1ccc(C(=O)NCc2ccccc2)cn1. The van der Waals surface area contributed by atoms with Crippen LogP contribution in [-0.4, -0.2) is 18.0 Å². The number of hydrogen-bond donors (Lipinski definition) is 1. The molecule has 2 aromatic rings. The van der Waals surface area contributed by atoms with Crippen molar-refractivity contribution in [2.45, 2.75) is 6.54 Å². The van der Waals surface area contributed by atoms with Gasteiger partial charge in [-0.15, -0.1) is 0 Å². The minimum Gasteiger partial charge on any atom is -0.481 e. The van der Waals surface area contributed by atoms with Gasteiger partial charge < -0.3 is 10.1 Å². The third kappa shape index (κ3) is 3.07. The maximum atomic E-state index is 11.8. The summed E-state index contributed by atoms with van der Waals surface area (Å²) in [4.78, 5) is 15.8. The second-order valence-electron chi connectivity index (χ2n) is 3.76. The Labute approximate surface area is 106 Å². The Morgan fingerprint density at radius 3 is 2.61 bits per heavy atom. The fourth-order valence-electron chi connectivity index (χ4n) is 1.52.